The van der Waals surface area contributed by atoms with Crippen molar-refractivity contribution in [1.29, 1.82) is 0 Å². The summed E-state index contributed by atoms with van der Waals surface area (Å²) in [4.78, 5) is 26.9. The molecule has 1 aliphatic rings. The Labute approximate surface area is 134 Å². The molecular formula is C17H19N3O3. The maximum absolute atomic E-state index is 12.6. The smallest absolute Gasteiger partial charge is 0.290 e. The standard InChI is InChI=1S/C17H19N3O3/c1-12(21)14-15(13-6-4-3-5-7-13)18-19(2)17(22)16(14)20-8-10-23-11-9-20/h3-7H,8-11H2,1-2H3. The van der Waals surface area contributed by atoms with Crippen LogP contribution in [0.15, 0.2) is 35.1 Å². The van der Waals surface area contributed by atoms with Gasteiger partial charge in [-0.05, 0) is 6.92 Å². The van der Waals surface area contributed by atoms with Crippen molar-refractivity contribution in [3.63, 3.8) is 0 Å². The highest BCUT2D eigenvalue weighted by molar-refractivity contribution is 6.04. The Balaban J connectivity index is 2.27. The van der Waals surface area contributed by atoms with Crippen molar-refractivity contribution >= 4 is 11.5 Å². The van der Waals surface area contributed by atoms with Gasteiger partial charge >= 0.3 is 0 Å². The molecule has 0 spiro atoms. The zero-order valence-electron chi connectivity index (χ0n) is 13.3. The van der Waals surface area contributed by atoms with Gasteiger partial charge in [0.1, 0.15) is 11.4 Å². The lowest BCUT2D eigenvalue weighted by Gasteiger charge is -2.30. The second kappa shape index (κ2) is 6.34. The van der Waals surface area contributed by atoms with Crippen molar-refractivity contribution in [2.24, 2.45) is 7.05 Å². The van der Waals surface area contributed by atoms with Crippen molar-refractivity contribution < 1.29 is 9.53 Å². The van der Waals surface area contributed by atoms with E-state index in [1.54, 1.807) is 7.05 Å². The quantitative estimate of drug-likeness (QED) is 0.803. The Hall–Kier alpha value is -2.47. The number of ketones is 1. The van der Waals surface area contributed by atoms with Gasteiger partial charge in [-0.1, -0.05) is 30.3 Å². The average Bonchev–Trinajstić information content (AvgIpc) is 2.58. The van der Waals surface area contributed by atoms with Crippen LogP contribution in [0, 0.1) is 0 Å². The zero-order chi connectivity index (χ0) is 16.4. The Morgan fingerprint density at radius 3 is 2.43 bits per heavy atom. The molecule has 1 aromatic heterocycles. The first-order chi connectivity index (χ1) is 11.1. The second-order valence-corrected chi connectivity index (χ2v) is 5.52. The summed E-state index contributed by atoms with van der Waals surface area (Å²) in [6, 6.07) is 9.47. The lowest BCUT2D eigenvalue weighted by molar-refractivity contribution is 0.101. The van der Waals surface area contributed by atoms with Crippen molar-refractivity contribution in [2.45, 2.75) is 6.92 Å². The summed E-state index contributed by atoms with van der Waals surface area (Å²) in [5.74, 6) is -0.157. The molecule has 0 atom stereocenters. The van der Waals surface area contributed by atoms with E-state index < -0.39 is 0 Å². The number of benzene rings is 1. The van der Waals surface area contributed by atoms with Crippen LogP contribution in [0.5, 0.6) is 0 Å². The molecule has 0 N–H and O–H groups in total. The maximum Gasteiger partial charge on any atom is 0.290 e. The number of nitrogens with zero attached hydrogens (tertiary/aromatic N) is 3. The first-order valence-electron chi connectivity index (χ1n) is 7.60. The number of ether oxygens (including phenoxy) is 1. The number of anilines is 1. The minimum atomic E-state index is -0.253. The van der Waals surface area contributed by atoms with E-state index in [2.05, 4.69) is 5.10 Å². The minimum Gasteiger partial charge on any atom is -0.378 e. The summed E-state index contributed by atoms with van der Waals surface area (Å²) in [5.41, 5.74) is 1.93. The Morgan fingerprint density at radius 1 is 1.17 bits per heavy atom. The molecule has 2 heterocycles. The van der Waals surface area contributed by atoms with Gasteiger partial charge in [0.15, 0.2) is 5.78 Å². The first-order valence-corrected chi connectivity index (χ1v) is 7.60. The van der Waals surface area contributed by atoms with Crippen molar-refractivity contribution in [3.8, 4) is 11.3 Å². The van der Waals surface area contributed by atoms with E-state index in [4.69, 9.17) is 4.74 Å². The zero-order valence-corrected chi connectivity index (χ0v) is 13.3. The van der Waals surface area contributed by atoms with Crippen LogP contribution in [0.1, 0.15) is 17.3 Å². The van der Waals surface area contributed by atoms with E-state index in [1.165, 1.54) is 11.6 Å². The van der Waals surface area contributed by atoms with Crippen LogP contribution in [-0.2, 0) is 11.8 Å². The highest BCUT2D eigenvalue weighted by Crippen LogP contribution is 2.27. The predicted octanol–water partition coefficient (Wildman–Crippen LogP) is 1.49. The van der Waals surface area contributed by atoms with Gasteiger partial charge in [0, 0.05) is 25.7 Å². The molecular weight excluding hydrogens is 294 g/mol. The number of aromatic nitrogens is 2. The number of rotatable bonds is 3. The van der Waals surface area contributed by atoms with Gasteiger partial charge in [-0.15, -0.1) is 0 Å². The molecule has 0 unspecified atom stereocenters. The molecule has 6 nitrogen and oxygen atoms in total. The lowest BCUT2D eigenvalue weighted by atomic mass is 10.0. The fourth-order valence-corrected chi connectivity index (χ4v) is 2.83. The highest BCUT2D eigenvalue weighted by Gasteiger charge is 2.26. The maximum atomic E-state index is 12.6. The molecule has 120 valence electrons. The van der Waals surface area contributed by atoms with Crippen LogP contribution < -0.4 is 10.5 Å². The fourth-order valence-electron chi connectivity index (χ4n) is 2.83. The van der Waals surface area contributed by atoms with E-state index >= 15 is 0 Å². The van der Waals surface area contributed by atoms with Gasteiger partial charge in [0.2, 0.25) is 0 Å². The number of aryl methyl sites for hydroxylation is 1. The summed E-state index contributed by atoms with van der Waals surface area (Å²) in [7, 11) is 1.61. The van der Waals surface area contributed by atoms with E-state index in [-0.39, 0.29) is 11.3 Å². The van der Waals surface area contributed by atoms with Crippen molar-refractivity contribution in [2.75, 3.05) is 31.2 Å². The van der Waals surface area contributed by atoms with Gasteiger partial charge in [-0.25, -0.2) is 4.68 Å². The van der Waals surface area contributed by atoms with E-state index in [9.17, 15) is 9.59 Å². The summed E-state index contributed by atoms with van der Waals surface area (Å²) >= 11 is 0. The molecule has 0 amide bonds. The predicted molar refractivity (Wildman–Crippen MR) is 88.0 cm³/mol. The van der Waals surface area contributed by atoms with Crippen LogP contribution in [-0.4, -0.2) is 41.9 Å². The summed E-state index contributed by atoms with van der Waals surface area (Å²) in [6.45, 7) is 3.75. The van der Waals surface area contributed by atoms with Crippen molar-refractivity contribution in [3.05, 3.63) is 46.2 Å². The van der Waals surface area contributed by atoms with Crippen LogP contribution >= 0.6 is 0 Å². The van der Waals surface area contributed by atoms with Crippen molar-refractivity contribution in [1.82, 2.24) is 9.78 Å². The second-order valence-electron chi connectivity index (χ2n) is 5.52. The molecule has 23 heavy (non-hydrogen) atoms. The normalized spacial score (nSPS) is 14.8. The number of morpholine rings is 1. The fraction of sp³-hybridized carbons (Fsp3) is 0.353. The molecule has 0 bridgehead atoms. The number of hydrogen-bond acceptors (Lipinski definition) is 5. The number of carbonyl (C=O) groups excluding carboxylic acids is 1. The highest BCUT2D eigenvalue weighted by atomic mass is 16.5. The molecule has 2 aromatic rings. The molecule has 0 aliphatic carbocycles. The van der Waals surface area contributed by atoms with Gasteiger partial charge in [0.05, 0.1) is 18.8 Å². The molecule has 1 aliphatic heterocycles. The molecule has 0 saturated carbocycles. The van der Waals surface area contributed by atoms with Crippen LogP contribution in [0.4, 0.5) is 5.69 Å². The topological polar surface area (TPSA) is 64.4 Å². The van der Waals surface area contributed by atoms with Gasteiger partial charge in [-0.3, -0.25) is 9.59 Å². The van der Waals surface area contributed by atoms with Crippen LogP contribution in [0.25, 0.3) is 11.3 Å². The number of hydrogen-bond donors (Lipinski definition) is 0. The monoisotopic (exact) mass is 313 g/mol. The largest absolute Gasteiger partial charge is 0.378 e. The minimum absolute atomic E-state index is 0.157. The average molecular weight is 313 g/mol. The summed E-state index contributed by atoms with van der Waals surface area (Å²) in [5, 5.41) is 4.35. The van der Waals surface area contributed by atoms with Gasteiger partial charge in [-0.2, -0.15) is 5.10 Å². The third kappa shape index (κ3) is 2.90. The SMILES string of the molecule is CC(=O)c1c(-c2ccccc2)nn(C)c(=O)c1N1CCOCC1. The summed E-state index contributed by atoms with van der Waals surface area (Å²) in [6.07, 6.45) is 0. The number of Topliss-reactive ketones (excluding diaryl/α,β-unsaturated/α-hetero) is 1. The third-order valence-electron chi connectivity index (χ3n) is 3.95. The molecule has 1 aromatic carbocycles. The van der Waals surface area contributed by atoms with E-state index in [1.807, 2.05) is 35.2 Å². The van der Waals surface area contributed by atoms with Crippen LogP contribution in [0.3, 0.4) is 0 Å². The molecule has 1 saturated heterocycles. The number of carbonyl (C=O) groups is 1. The third-order valence-corrected chi connectivity index (χ3v) is 3.95. The molecule has 6 heteroatoms. The lowest BCUT2D eigenvalue weighted by Crippen LogP contribution is -2.42. The van der Waals surface area contributed by atoms with E-state index in [0.717, 1.165) is 5.56 Å². The Kier molecular flexibility index (Phi) is 4.25. The Morgan fingerprint density at radius 2 is 1.83 bits per heavy atom. The van der Waals surface area contributed by atoms with Gasteiger partial charge in [0.25, 0.3) is 5.56 Å². The molecule has 0 radical (unpaired) electrons. The molecule has 3 rings (SSSR count). The Bertz CT molecular complexity index is 778. The summed E-state index contributed by atoms with van der Waals surface area (Å²) < 4.78 is 6.66. The van der Waals surface area contributed by atoms with Gasteiger partial charge < -0.3 is 9.64 Å². The first kappa shape index (κ1) is 15.4. The van der Waals surface area contributed by atoms with E-state index in [0.29, 0.717) is 43.2 Å². The molecule has 1 fully saturated rings. The van der Waals surface area contributed by atoms with Crippen LogP contribution in [0.2, 0.25) is 0 Å².